The van der Waals surface area contributed by atoms with Crippen molar-refractivity contribution in [1.82, 2.24) is 9.78 Å². The Morgan fingerprint density at radius 1 is 1.50 bits per heavy atom. The molecule has 0 aliphatic heterocycles. The van der Waals surface area contributed by atoms with E-state index >= 15 is 0 Å². The third kappa shape index (κ3) is 3.02. The summed E-state index contributed by atoms with van der Waals surface area (Å²) in [6, 6.07) is 2.28. The molecule has 0 aliphatic carbocycles. The standard InChI is InChI=1S/C13H18BrN3S/c1-3-17-12(13(14)9(2)16-17)7-11(15)6-10-4-5-18-8-10/h4-5,8,11H,3,6-7,15H2,1-2H3. The number of hydrogen-bond donors (Lipinski definition) is 1. The van der Waals surface area contributed by atoms with Gasteiger partial charge in [0.2, 0.25) is 0 Å². The molecular formula is C13H18BrN3S. The fourth-order valence-electron chi connectivity index (χ4n) is 2.10. The fraction of sp³-hybridized carbons (Fsp3) is 0.462. The Hall–Kier alpha value is -0.650. The Labute approximate surface area is 120 Å². The number of halogens is 1. The number of thiophene rings is 1. The van der Waals surface area contributed by atoms with Crippen LogP contribution in [-0.2, 0) is 19.4 Å². The summed E-state index contributed by atoms with van der Waals surface area (Å²) in [5.41, 5.74) is 9.81. The minimum Gasteiger partial charge on any atom is -0.327 e. The van der Waals surface area contributed by atoms with Gasteiger partial charge in [-0.25, -0.2) is 0 Å². The van der Waals surface area contributed by atoms with Crippen molar-refractivity contribution in [3.63, 3.8) is 0 Å². The van der Waals surface area contributed by atoms with Gasteiger partial charge in [0.1, 0.15) is 0 Å². The van der Waals surface area contributed by atoms with Crippen LogP contribution in [0.4, 0.5) is 0 Å². The molecule has 0 amide bonds. The van der Waals surface area contributed by atoms with Gasteiger partial charge in [0, 0.05) is 19.0 Å². The molecule has 2 N–H and O–H groups in total. The Balaban J connectivity index is 2.09. The zero-order chi connectivity index (χ0) is 13.1. The molecule has 0 aliphatic rings. The summed E-state index contributed by atoms with van der Waals surface area (Å²) < 4.78 is 3.14. The molecule has 0 bridgehead atoms. The molecule has 0 aromatic carbocycles. The minimum absolute atomic E-state index is 0.136. The zero-order valence-electron chi connectivity index (χ0n) is 10.7. The smallest absolute Gasteiger partial charge is 0.0738 e. The summed E-state index contributed by atoms with van der Waals surface area (Å²) in [5, 5.41) is 8.75. The molecule has 98 valence electrons. The molecule has 0 saturated heterocycles. The lowest BCUT2D eigenvalue weighted by atomic mass is 10.0. The summed E-state index contributed by atoms with van der Waals surface area (Å²) in [7, 11) is 0. The average Bonchev–Trinajstić information content (AvgIpc) is 2.92. The van der Waals surface area contributed by atoms with E-state index in [1.54, 1.807) is 11.3 Å². The van der Waals surface area contributed by atoms with Crippen molar-refractivity contribution in [2.45, 2.75) is 39.3 Å². The average molecular weight is 328 g/mol. The van der Waals surface area contributed by atoms with Gasteiger partial charge in [-0.05, 0) is 58.6 Å². The first-order chi connectivity index (χ1) is 8.61. The van der Waals surface area contributed by atoms with E-state index < -0.39 is 0 Å². The van der Waals surface area contributed by atoms with Gasteiger partial charge in [0.15, 0.2) is 0 Å². The van der Waals surface area contributed by atoms with E-state index in [1.807, 2.05) is 11.6 Å². The maximum absolute atomic E-state index is 6.24. The molecule has 2 rings (SSSR count). The summed E-state index contributed by atoms with van der Waals surface area (Å²) in [6.07, 6.45) is 1.77. The molecule has 1 atom stereocenters. The first-order valence-corrected chi connectivity index (χ1v) is 7.83. The Bertz CT molecular complexity index is 505. The predicted octanol–water partition coefficient (Wildman–Crippen LogP) is 3.15. The van der Waals surface area contributed by atoms with E-state index in [-0.39, 0.29) is 6.04 Å². The summed E-state index contributed by atoms with van der Waals surface area (Å²) in [5.74, 6) is 0. The second kappa shape index (κ2) is 5.99. The minimum atomic E-state index is 0.136. The van der Waals surface area contributed by atoms with E-state index in [2.05, 4.69) is 44.8 Å². The third-order valence-electron chi connectivity index (χ3n) is 2.99. The summed E-state index contributed by atoms with van der Waals surface area (Å²) in [6.45, 7) is 5.00. The maximum Gasteiger partial charge on any atom is 0.0738 e. The molecule has 2 aromatic rings. The van der Waals surface area contributed by atoms with Crippen LogP contribution in [0.15, 0.2) is 21.3 Å². The van der Waals surface area contributed by atoms with Crippen LogP contribution in [0, 0.1) is 6.92 Å². The van der Waals surface area contributed by atoms with E-state index in [0.717, 1.165) is 29.6 Å². The van der Waals surface area contributed by atoms with Gasteiger partial charge in [-0.15, -0.1) is 0 Å². The van der Waals surface area contributed by atoms with Crippen molar-refractivity contribution in [3.05, 3.63) is 38.3 Å². The van der Waals surface area contributed by atoms with Crippen LogP contribution in [0.3, 0.4) is 0 Å². The second-order valence-electron chi connectivity index (χ2n) is 4.46. The Morgan fingerprint density at radius 2 is 2.28 bits per heavy atom. The molecule has 5 heteroatoms. The molecular weight excluding hydrogens is 310 g/mol. The van der Waals surface area contributed by atoms with Gasteiger partial charge < -0.3 is 5.73 Å². The number of rotatable bonds is 5. The normalized spacial score (nSPS) is 12.9. The van der Waals surface area contributed by atoms with Gasteiger partial charge in [0.05, 0.1) is 15.9 Å². The number of hydrogen-bond acceptors (Lipinski definition) is 3. The largest absolute Gasteiger partial charge is 0.327 e. The van der Waals surface area contributed by atoms with Crippen LogP contribution in [0.1, 0.15) is 23.9 Å². The van der Waals surface area contributed by atoms with Gasteiger partial charge in [-0.2, -0.15) is 16.4 Å². The molecule has 1 unspecified atom stereocenters. The van der Waals surface area contributed by atoms with Gasteiger partial charge in [0.25, 0.3) is 0 Å². The number of aryl methyl sites for hydroxylation is 2. The highest BCUT2D eigenvalue weighted by molar-refractivity contribution is 9.10. The lowest BCUT2D eigenvalue weighted by Gasteiger charge is -2.12. The molecule has 0 fully saturated rings. The maximum atomic E-state index is 6.24. The predicted molar refractivity (Wildman–Crippen MR) is 80.0 cm³/mol. The molecule has 0 spiro atoms. The Kier molecular flexibility index (Phi) is 4.59. The van der Waals surface area contributed by atoms with Gasteiger partial charge in [-0.3, -0.25) is 4.68 Å². The third-order valence-corrected chi connectivity index (χ3v) is 4.75. The van der Waals surface area contributed by atoms with E-state index in [4.69, 9.17) is 5.73 Å². The lowest BCUT2D eigenvalue weighted by Crippen LogP contribution is -2.26. The van der Waals surface area contributed by atoms with Crippen LogP contribution in [0.5, 0.6) is 0 Å². The van der Waals surface area contributed by atoms with Crippen molar-refractivity contribution >= 4 is 27.3 Å². The number of nitrogens with zero attached hydrogens (tertiary/aromatic N) is 2. The fourth-order valence-corrected chi connectivity index (χ4v) is 3.22. The van der Waals surface area contributed by atoms with Crippen molar-refractivity contribution in [2.24, 2.45) is 5.73 Å². The molecule has 0 saturated carbocycles. The first kappa shape index (κ1) is 13.8. The van der Waals surface area contributed by atoms with Crippen LogP contribution >= 0.6 is 27.3 Å². The number of nitrogens with two attached hydrogens (primary N) is 1. The molecule has 18 heavy (non-hydrogen) atoms. The summed E-state index contributed by atoms with van der Waals surface area (Å²) >= 11 is 5.33. The van der Waals surface area contributed by atoms with Crippen LogP contribution in [0.2, 0.25) is 0 Å². The van der Waals surface area contributed by atoms with E-state index in [1.165, 1.54) is 11.3 Å². The first-order valence-electron chi connectivity index (χ1n) is 6.10. The van der Waals surface area contributed by atoms with Crippen LogP contribution in [-0.4, -0.2) is 15.8 Å². The molecule has 2 heterocycles. The Morgan fingerprint density at radius 3 is 2.89 bits per heavy atom. The highest BCUT2D eigenvalue weighted by Crippen LogP contribution is 2.22. The van der Waals surface area contributed by atoms with Crippen molar-refractivity contribution in [1.29, 1.82) is 0 Å². The lowest BCUT2D eigenvalue weighted by molar-refractivity contribution is 0.573. The SMILES string of the molecule is CCn1nc(C)c(Br)c1CC(N)Cc1ccsc1. The van der Waals surface area contributed by atoms with Crippen LogP contribution < -0.4 is 5.73 Å². The van der Waals surface area contributed by atoms with E-state index in [9.17, 15) is 0 Å². The van der Waals surface area contributed by atoms with Gasteiger partial charge >= 0.3 is 0 Å². The molecule has 2 aromatic heterocycles. The van der Waals surface area contributed by atoms with Crippen molar-refractivity contribution in [2.75, 3.05) is 0 Å². The van der Waals surface area contributed by atoms with Crippen molar-refractivity contribution < 1.29 is 0 Å². The van der Waals surface area contributed by atoms with Gasteiger partial charge in [-0.1, -0.05) is 0 Å². The summed E-state index contributed by atoms with van der Waals surface area (Å²) in [4.78, 5) is 0. The zero-order valence-corrected chi connectivity index (χ0v) is 13.1. The van der Waals surface area contributed by atoms with Crippen LogP contribution in [0.25, 0.3) is 0 Å². The monoisotopic (exact) mass is 327 g/mol. The van der Waals surface area contributed by atoms with Crippen molar-refractivity contribution in [3.8, 4) is 0 Å². The van der Waals surface area contributed by atoms with E-state index in [0.29, 0.717) is 0 Å². The number of aromatic nitrogens is 2. The molecule has 3 nitrogen and oxygen atoms in total. The second-order valence-corrected chi connectivity index (χ2v) is 6.03. The highest BCUT2D eigenvalue weighted by Gasteiger charge is 2.15. The molecule has 0 radical (unpaired) electrons. The highest BCUT2D eigenvalue weighted by atomic mass is 79.9. The topological polar surface area (TPSA) is 43.8 Å². The quantitative estimate of drug-likeness (QED) is 0.916.